The van der Waals surface area contributed by atoms with Crippen molar-refractivity contribution in [3.63, 3.8) is 0 Å². The molecule has 5 atom stereocenters. The van der Waals surface area contributed by atoms with Crippen LogP contribution in [0.2, 0.25) is 0 Å². The highest BCUT2D eigenvalue weighted by molar-refractivity contribution is 5.84. The lowest BCUT2D eigenvalue weighted by Gasteiger charge is -2.61. The van der Waals surface area contributed by atoms with Crippen LogP contribution >= 0.6 is 0 Å². The molecule has 0 aromatic heterocycles. The quantitative estimate of drug-likeness (QED) is 0.736. The molecule has 2 unspecified atom stereocenters. The van der Waals surface area contributed by atoms with E-state index in [4.69, 9.17) is 10.5 Å². The van der Waals surface area contributed by atoms with Crippen LogP contribution in [0.1, 0.15) is 56.9 Å². The van der Waals surface area contributed by atoms with Crippen molar-refractivity contribution in [3.05, 3.63) is 35.9 Å². The Balaban J connectivity index is 1.27. The lowest BCUT2D eigenvalue weighted by atomic mass is 9.43. The smallest absolute Gasteiger partial charge is 0.312 e. The number of amides is 2. The second-order valence-corrected chi connectivity index (χ2v) is 10.5. The molecule has 1 aromatic carbocycles. The lowest BCUT2D eigenvalue weighted by Crippen LogP contribution is -2.57. The third-order valence-electron chi connectivity index (χ3n) is 8.38. The van der Waals surface area contributed by atoms with E-state index in [1.165, 1.54) is 12.0 Å². The van der Waals surface area contributed by atoms with Crippen LogP contribution in [0.4, 0.5) is 0 Å². The zero-order valence-corrected chi connectivity index (χ0v) is 18.1. The van der Waals surface area contributed by atoms with Crippen LogP contribution in [0.25, 0.3) is 0 Å². The van der Waals surface area contributed by atoms with Crippen molar-refractivity contribution in [2.24, 2.45) is 28.9 Å². The number of ether oxygens (including phenoxy) is 1. The van der Waals surface area contributed by atoms with Crippen LogP contribution in [0, 0.1) is 23.2 Å². The monoisotopic (exact) mass is 424 g/mol. The van der Waals surface area contributed by atoms with Crippen molar-refractivity contribution in [1.82, 2.24) is 4.90 Å². The molecule has 2 amide bonds. The van der Waals surface area contributed by atoms with Gasteiger partial charge in [-0.2, -0.15) is 0 Å². The van der Waals surface area contributed by atoms with Crippen molar-refractivity contribution < 1.29 is 19.1 Å². The number of benzene rings is 1. The van der Waals surface area contributed by atoms with Gasteiger partial charge in [-0.1, -0.05) is 30.3 Å². The molecule has 0 radical (unpaired) electrons. The molecule has 6 heteroatoms. The molecule has 4 aliphatic carbocycles. The summed E-state index contributed by atoms with van der Waals surface area (Å²) in [6.45, 7) is 0.685. The van der Waals surface area contributed by atoms with E-state index in [9.17, 15) is 14.4 Å². The molecule has 2 N–H and O–H groups in total. The van der Waals surface area contributed by atoms with Gasteiger partial charge in [-0.3, -0.25) is 14.4 Å². The number of nitrogens with zero attached hydrogens (tertiary/aromatic N) is 1. The van der Waals surface area contributed by atoms with E-state index in [1.54, 1.807) is 4.90 Å². The highest BCUT2D eigenvalue weighted by Gasteiger charge is 2.61. The summed E-state index contributed by atoms with van der Waals surface area (Å²) in [7, 11) is 0. The van der Waals surface area contributed by atoms with Gasteiger partial charge in [-0.25, -0.2) is 0 Å². The molecule has 6 nitrogen and oxygen atoms in total. The minimum atomic E-state index is -0.460. The van der Waals surface area contributed by atoms with Crippen LogP contribution in [0.5, 0.6) is 0 Å². The fraction of sp³-hybridized carbons (Fsp3) is 0.640. The van der Waals surface area contributed by atoms with Crippen LogP contribution in [-0.2, 0) is 24.5 Å². The molecule has 4 saturated carbocycles. The normalized spacial score (nSPS) is 36.3. The SMILES string of the molecule is NC(=O)[C@H]1CCCN(C(=O)COC(=O)C23C[C@H]4C[C@@H](C2)CC(c2ccccc2)(C4)C3)C1. The maximum Gasteiger partial charge on any atom is 0.312 e. The summed E-state index contributed by atoms with van der Waals surface area (Å²) in [6.07, 6.45) is 7.60. The van der Waals surface area contributed by atoms with Crippen molar-refractivity contribution in [1.29, 1.82) is 0 Å². The Morgan fingerprint density at radius 1 is 1.06 bits per heavy atom. The Morgan fingerprint density at radius 3 is 2.45 bits per heavy atom. The second kappa shape index (κ2) is 7.64. The fourth-order valence-corrected chi connectivity index (χ4v) is 7.44. The number of likely N-dealkylation sites (tertiary alicyclic amines) is 1. The number of hydrogen-bond donors (Lipinski definition) is 1. The Bertz CT molecular complexity index is 869. The van der Waals surface area contributed by atoms with Crippen molar-refractivity contribution >= 4 is 17.8 Å². The molecule has 5 fully saturated rings. The predicted octanol–water partition coefficient (Wildman–Crippen LogP) is 2.79. The molecule has 0 spiro atoms. The van der Waals surface area contributed by atoms with Gasteiger partial charge >= 0.3 is 5.97 Å². The second-order valence-electron chi connectivity index (χ2n) is 10.5. The number of primary amides is 1. The van der Waals surface area contributed by atoms with E-state index in [0.29, 0.717) is 31.3 Å². The van der Waals surface area contributed by atoms with E-state index in [1.807, 2.05) is 6.07 Å². The van der Waals surface area contributed by atoms with Gasteiger partial charge in [-0.15, -0.1) is 0 Å². The maximum absolute atomic E-state index is 13.4. The summed E-state index contributed by atoms with van der Waals surface area (Å²) in [5.74, 6) is 0.0309. The first-order valence-corrected chi connectivity index (χ1v) is 11.7. The van der Waals surface area contributed by atoms with Gasteiger partial charge in [0.2, 0.25) is 5.91 Å². The van der Waals surface area contributed by atoms with Crippen LogP contribution in [0.3, 0.4) is 0 Å². The zero-order chi connectivity index (χ0) is 21.6. The van der Waals surface area contributed by atoms with Gasteiger partial charge in [0.15, 0.2) is 6.61 Å². The first-order valence-electron chi connectivity index (χ1n) is 11.7. The maximum atomic E-state index is 13.4. The van der Waals surface area contributed by atoms with Crippen LogP contribution in [0.15, 0.2) is 30.3 Å². The molecular weight excluding hydrogens is 392 g/mol. The summed E-state index contributed by atoms with van der Waals surface area (Å²) < 4.78 is 5.67. The van der Waals surface area contributed by atoms with Crippen LogP contribution in [-0.4, -0.2) is 42.4 Å². The zero-order valence-electron chi connectivity index (χ0n) is 18.1. The molecule has 31 heavy (non-hydrogen) atoms. The topological polar surface area (TPSA) is 89.7 Å². The van der Waals surface area contributed by atoms with Crippen LogP contribution < -0.4 is 5.73 Å². The third-order valence-corrected chi connectivity index (χ3v) is 8.38. The van der Waals surface area contributed by atoms with Crippen molar-refractivity contribution in [3.8, 4) is 0 Å². The average molecular weight is 425 g/mol. The van der Waals surface area contributed by atoms with Crippen molar-refractivity contribution in [2.75, 3.05) is 19.7 Å². The Hall–Kier alpha value is -2.37. The number of hydrogen-bond acceptors (Lipinski definition) is 4. The fourth-order valence-electron chi connectivity index (χ4n) is 7.44. The molecule has 6 rings (SSSR count). The number of piperidine rings is 1. The van der Waals surface area contributed by atoms with Gasteiger partial charge in [0.05, 0.1) is 11.3 Å². The van der Waals surface area contributed by atoms with Gasteiger partial charge in [0.25, 0.3) is 5.91 Å². The molecule has 1 saturated heterocycles. The molecule has 1 heterocycles. The van der Waals surface area contributed by atoms with E-state index < -0.39 is 5.41 Å². The first-order chi connectivity index (χ1) is 14.9. The summed E-state index contributed by atoms with van der Waals surface area (Å²) >= 11 is 0. The van der Waals surface area contributed by atoms with Crippen molar-refractivity contribution in [2.45, 2.75) is 56.8 Å². The molecular formula is C25H32N2O4. The lowest BCUT2D eigenvalue weighted by molar-refractivity contribution is -0.177. The van der Waals surface area contributed by atoms with E-state index in [2.05, 4.69) is 24.3 Å². The molecule has 1 aliphatic heterocycles. The summed E-state index contributed by atoms with van der Waals surface area (Å²) in [5, 5.41) is 0. The Labute approximate surface area is 183 Å². The third kappa shape index (κ3) is 3.64. The first kappa shape index (κ1) is 20.5. The molecule has 166 valence electrons. The number of carbonyl (C=O) groups is 3. The average Bonchev–Trinajstić information content (AvgIpc) is 2.77. The number of carbonyl (C=O) groups excluding carboxylic acids is 3. The molecule has 1 aromatic rings. The number of esters is 1. The van der Waals surface area contributed by atoms with Gasteiger partial charge in [0, 0.05) is 13.1 Å². The van der Waals surface area contributed by atoms with E-state index in [-0.39, 0.29) is 35.7 Å². The predicted molar refractivity (Wildman–Crippen MR) is 115 cm³/mol. The van der Waals surface area contributed by atoms with Gasteiger partial charge < -0.3 is 15.4 Å². The summed E-state index contributed by atoms with van der Waals surface area (Å²) in [4.78, 5) is 39.2. The highest BCUT2D eigenvalue weighted by Crippen LogP contribution is 2.66. The molecule has 5 aliphatic rings. The Kier molecular flexibility index (Phi) is 5.06. The number of rotatable bonds is 5. The largest absolute Gasteiger partial charge is 0.455 e. The minimum Gasteiger partial charge on any atom is -0.455 e. The number of nitrogens with two attached hydrogens (primary N) is 1. The van der Waals surface area contributed by atoms with E-state index >= 15 is 0 Å². The molecule has 4 bridgehead atoms. The van der Waals surface area contributed by atoms with E-state index in [0.717, 1.165) is 38.5 Å². The standard InChI is InChI=1S/C25H32N2O4/c26-22(29)19-5-4-8-27(14-19)21(28)15-31-23(30)25-12-17-9-18(13-25)11-24(10-17,16-25)20-6-2-1-3-7-20/h1-3,6-7,17-19H,4-5,8-16H2,(H2,26,29)/t17-,18+,19-,24?,25?/m0/s1. The Morgan fingerprint density at radius 2 is 1.77 bits per heavy atom. The minimum absolute atomic E-state index is 0.0654. The highest BCUT2D eigenvalue weighted by atomic mass is 16.5. The van der Waals surface area contributed by atoms with Gasteiger partial charge in [0.1, 0.15) is 0 Å². The summed E-state index contributed by atoms with van der Waals surface area (Å²) in [5.41, 5.74) is 6.37. The van der Waals surface area contributed by atoms with Gasteiger partial charge in [-0.05, 0) is 74.2 Å². The summed E-state index contributed by atoms with van der Waals surface area (Å²) in [6, 6.07) is 10.6.